The van der Waals surface area contributed by atoms with Crippen LogP contribution in [-0.4, -0.2) is 46.0 Å². The predicted octanol–water partition coefficient (Wildman–Crippen LogP) is 3.22. The van der Waals surface area contributed by atoms with Crippen molar-refractivity contribution in [1.29, 1.82) is 0 Å². The number of hydrogen-bond acceptors (Lipinski definition) is 4. The molecule has 29 heavy (non-hydrogen) atoms. The molecule has 0 bridgehead atoms. The number of benzene rings is 2. The highest BCUT2D eigenvalue weighted by Crippen LogP contribution is 2.20. The second kappa shape index (κ2) is 9.09. The van der Waals surface area contributed by atoms with Crippen molar-refractivity contribution in [3.8, 4) is 5.75 Å². The summed E-state index contributed by atoms with van der Waals surface area (Å²) in [4.78, 5) is 20.0. The number of nitrogens with one attached hydrogen (secondary N) is 1. The minimum atomic E-state index is 0.143. The lowest BCUT2D eigenvalue weighted by Gasteiger charge is -2.28. The summed E-state index contributed by atoms with van der Waals surface area (Å²) >= 11 is 0. The number of imidazole rings is 1. The molecule has 1 amide bonds. The molecule has 2 aromatic carbocycles. The lowest BCUT2D eigenvalue weighted by molar-refractivity contribution is -0.133. The summed E-state index contributed by atoms with van der Waals surface area (Å²) in [7, 11) is 0. The topological polar surface area (TPSA) is 59.4 Å². The van der Waals surface area contributed by atoms with Crippen molar-refractivity contribution < 1.29 is 9.53 Å². The fourth-order valence-corrected chi connectivity index (χ4v) is 3.96. The van der Waals surface area contributed by atoms with E-state index in [2.05, 4.69) is 12.2 Å². The largest absolute Gasteiger partial charge is 0.486 e. The van der Waals surface area contributed by atoms with E-state index in [1.807, 2.05) is 64.1 Å². The van der Waals surface area contributed by atoms with Crippen LogP contribution in [0.4, 0.5) is 0 Å². The highest BCUT2D eigenvalue weighted by molar-refractivity contribution is 5.81. The minimum Gasteiger partial charge on any atom is -0.486 e. The minimum absolute atomic E-state index is 0.143. The van der Waals surface area contributed by atoms with E-state index in [1.165, 1.54) is 0 Å². The second-order valence-electron chi connectivity index (χ2n) is 7.44. The average molecular weight is 393 g/mol. The van der Waals surface area contributed by atoms with Gasteiger partial charge < -0.3 is 19.5 Å². The summed E-state index contributed by atoms with van der Waals surface area (Å²) in [6.07, 6.45) is 1.97. The normalized spacial score (nSPS) is 16.2. The van der Waals surface area contributed by atoms with Gasteiger partial charge in [-0.2, -0.15) is 0 Å². The quantitative estimate of drug-likeness (QED) is 0.640. The third-order valence-electron chi connectivity index (χ3n) is 5.40. The van der Waals surface area contributed by atoms with Crippen LogP contribution in [0.2, 0.25) is 0 Å². The van der Waals surface area contributed by atoms with Gasteiger partial charge in [-0.25, -0.2) is 4.98 Å². The third kappa shape index (κ3) is 4.43. The first-order valence-electron chi connectivity index (χ1n) is 10.4. The summed E-state index contributed by atoms with van der Waals surface area (Å²) in [6, 6.07) is 17.9. The van der Waals surface area contributed by atoms with Gasteiger partial charge in [-0.05, 0) is 43.7 Å². The van der Waals surface area contributed by atoms with Gasteiger partial charge in [0, 0.05) is 19.1 Å². The molecule has 2 heterocycles. The van der Waals surface area contributed by atoms with E-state index in [1.54, 1.807) is 0 Å². The number of ether oxygens (including phenoxy) is 1. The fraction of sp³-hybridized carbons (Fsp3) is 0.391. The third-order valence-corrected chi connectivity index (χ3v) is 5.40. The van der Waals surface area contributed by atoms with E-state index in [0.717, 1.165) is 55.1 Å². The average Bonchev–Trinajstić information content (AvgIpc) is 3.40. The van der Waals surface area contributed by atoms with E-state index in [9.17, 15) is 4.79 Å². The van der Waals surface area contributed by atoms with Crippen LogP contribution in [0.1, 0.15) is 25.6 Å². The van der Waals surface area contributed by atoms with E-state index in [-0.39, 0.29) is 18.5 Å². The summed E-state index contributed by atoms with van der Waals surface area (Å²) in [5.74, 6) is 1.70. The Bertz CT molecular complexity index is 948. The molecule has 1 aliphatic rings. The Morgan fingerprint density at radius 2 is 2.00 bits per heavy atom. The van der Waals surface area contributed by atoms with Crippen molar-refractivity contribution in [3.05, 3.63) is 60.4 Å². The molecule has 0 spiro atoms. The number of hydrogen-bond donors (Lipinski definition) is 1. The number of para-hydroxylation sites is 3. The number of carbonyl (C=O) groups is 1. The van der Waals surface area contributed by atoms with Crippen LogP contribution in [-0.2, 0) is 17.9 Å². The molecule has 0 radical (unpaired) electrons. The number of amides is 1. The maximum Gasteiger partial charge on any atom is 0.242 e. The second-order valence-corrected chi connectivity index (χ2v) is 7.44. The maximum absolute atomic E-state index is 13.3. The molecule has 3 aromatic rings. The van der Waals surface area contributed by atoms with E-state index < -0.39 is 0 Å². The molecule has 152 valence electrons. The van der Waals surface area contributed by atoms with E-state index in [0.29, 0.717) is 6.61 Å². The lowest BCUT2D eigenvalue weighted by Crippen LogP contribution is -2.43. The van der Waals surface area contributed by atoms with Gasteiger partial charge in [0.25, 0.3) is 0 Å². The fourth-order valence-electron chi connectivity index (χ4n) is 3.96. The number of nitrogens with zero attached hydrogens (tertiary/aromatic N) is 3. The Kier molecular flexibility index (Phi) is 6.10. The highest BCUT2D eigenvalue weighted by Gasteiger charge is 2.27. The van der Waals surface area contributed by atoms with Crippen molar-refractivity contribution in [1.82, 2.24) is 19.8 Å². The molecule has 0 saturated carbocycles. The summed E-state index contributed by atoms with van der Waals surface area (Å²) in [6.45, 7) is 5.36. The Balaban J connectivity index is 1.58. The molecule has 6 heteroatoms. The molecule has 1 saturated heterocycles. The van der Waals surface area contributed by atoms with Gasteiger partial charge in [0.1, 0.15) is 24.7 Å². The molecule has 1 unspecified atom stereocenters. The zero-order valence-electron chi connectivity index (χ0n) is 16.9. The van der Waals surface area contributed by atoms with Crippen molar-refractivity contribution >= 4 is 16.9 Å². The van der Waals surface area contributed by atoms with Crippen LogP contribution >= 0.6 is 0 Å². The molecule has 0 aliphatic carbocycles. The Labute approximate surface area is 171 Å². The van der Waals surface area contributed by atoms with Crippen LogP contribution in [0.5, 0.6) is 5.75 Å². The summed E-state index contributed by atoms with van der Waals surface area (Å²) in [5, 5.41) is 3.37. The molecule has 6 nitrogen and oxygen atoms in total. The van der Waals surface area contributed by atoms with E-state index in [4.69, 9.17) is 9.72 Å². The van der Waals surface area contributed by atoms with Crippen LogP contribution in [0.3, 0.4) is 0 Å². The highest BCUT2D eigenvalue weighted by atomic mass is 16.5. The van der Waals surface area contributed by atoms with Gasteiger partial charge in [0.05, 0.1) is 11.0 Å². The first-order chi connectivity index (χ1) is 14.3. The van der Waals surface area contributed by atoms with Crippen LogP contribution in [0.15, 0.2) is 54.6 Å². The molecule has 1 N–H and O–H groups in total. The smallest absolute Gasteiger partial charge is 0.242 e. The SMILES string of the molecule is CCCN(C(=O)Cn1c(COc2ccccc2)nc2ccccc21)C1CCNC1. The Hall–Kier alpha value is -2.86. The van der Waals surface area contributed by atoms with Gasteiger partial charge in [0.15, 0.2) is 0 Å². The molecule has 1 fully saturated rings. The van der Waals surface area contributed by atoms with Crippen molar-refractivity contribution in [2.45, 2.75) is 39.0 Å². The first kappa shape index (κ1) is 19.5. The monoisotopic (exact) mass is 392 g/mol. The molecular formula is C23H28N4O2. The molecular weight excluding hydrogens is 364 g/mol. The zero-order chi connectivity index (χ0) is 20.1. The van der Waals surface area contributed by atoms with Crippen molar-refractivity contribution in [3.63, 3.8) is 0 Å². The first-order valence-corrected chi connectivity index (χ1v) is 10.4. The van der Waals surface area contributed by atoms with Gasteiger partial charge in [-0.15, -0.1) is 0 Å². The number of carbonyl (C=O) groups excluding carboxylic acids is 1. The zero-order valence-corrected chi connectivity index (χ0v) is 16.9. The van der Waals surface area contributed by atoms with Gasteiger partial charge >= 0.3 is 0 Å². The standard InChI is InChI=1S/C23H28N4O2/c1-2-14-26(18-12-13-24-15-18)23(28)16-27-21-11-7-6-10-20(21)25-22(27)17-29-19-8-4-3-5-9-19/h3-11,18,24H,2,12-17H2,1H3. The Morgan fingerprint density at radius 3 is 2.76 bits per heavy atom. The van der Waals surface area contributed by atoms with Crippen LogP contribution in [0, 0.1) is 0 Å². The number of aromatic nitrogens is 2. The number of rotatable bonds is 8. The van der Waals surface area contributed by atoms with Gasteiger partial charge in [0.2, 0.25) is 5.91 Å². The molecule has 1 atom stereocenters. The predicted molar refractivity (Wildman–Crippen MR) is 114 cm³/mol. The maximum atomic E-state index is 13.3. The summed E-state index contributed by atoms with van der Waals surface area (Å²) < 4.78 is 7.94. The van der Waals surface area contributed by atoms with Crippen LogP contribution in [0.25, 0.3) is 11.0 Å². The number of fused-ring (bicyclic) bond motifs is 1. The molecule has 1 aromatic heterocycles. The Morgan fingerprint density at radius 1 is 1.21 bits per heavy atom. The molecule has 1 aliphatic heterocycles. The van der Waals surface area contributed by atoms with Gasteiger partial charge in [-0.3, -0.25) is 4.79 Å². The van der Waals surface area contributed by atoms with Crippen LogP contribution < -0.4 is 10.1 Å². The lowest BCUT2D eigenvalue weighted by atomic mass is 10.2. The van der Waals surface area contributed by atoms with Crippen molar-refractivity contribution in [2.24, 2.45) is 0 Å². The van der Waals surface area contributed by atoms with Gasteiger partial charge in [-0.1, -0.05) is 37.3 Å². The van der Waals surface area contributed by atoms with E-state index >= 15 is 0 Å². The molecule has 4 rings (SSSR count). The summed E-state index contributed by atoms with van der Waals surface area (Å²) in [5.41, 5.74) is 1.85. The van der Waals surface area contributed by atoms with Crippen molar-refractivity contribution in [2.75, 3.05) is 19.6 Å².